The van der Waals surface area contributed by atoms with Crippen LogP contribution in [0.1, 0.15) is 17.9 Å². The molecule has 1 saturated heterocycles. The monoisotopic (exact) mass is 401 g/mol. The Labute approximate surface area is 170 Å². The maximum atomic E-state index is 13.7. The minimum Gasteiger partial charge on any atom is -0.352 e. The van der Waals surface area contributed by atoms with Crippen LogP contribution in [-0.4, -0.2) is 71.7 Å². The lowest BCUT2D eigenvalue weighted by Crippen LogP contribution is -2.49. The minimum absolute atomic E-state index is 0.0407. The number of amides is 1. The maximum absolute atomic E-state index is 13.7. The summed E-state index contributed by atoms with van der Waals surface area (Å²) in [5.74, 6) is 0.755. The number of nitrogens with one attached hydrogen (secondary N) is 1. The van der Waals surface area contributed by atoms with Gasteiger partial charge >= 0.3 is 0 Å². The molecule has 7 nitrogen and oxygen atoms in total. The van der Waals surface area contributed by atoms with Gasteiger partial charge in [0.05, 0.1) is 6.54 Å². The Morgan fingerprint density at radius 2 is 2.07 bits per heavy atom. The van der Waals surface area contributed by atoms with Gasteiger partial charge < -0.3 is 14.7 Å². The van der Waals surface area contributed by atoms with Crippen LogP contribution in [-0.2, 0) is 11.2 Å². The van der Waals surface area contributed by atoms with Crippen LogP contribution >= 0.6 is 0 Å². The van der Waals surface area contributed by atoms with E-state index in [1.807, 2.05) is 0 Å². The van der Waals surface area contributed by atoms with Crippen LogP contribution in [0.4, 0.5) is 4.39 Å². The van der Waals surface area contributed by atoms with E-state index in [1.54, 1.807) is 25.1 Å². The molecular weight excluding hydrogens is 373 g/mol. The predicted octanol–water partition coefficient (Wildman–Crippen LogP) is 2.04. The summed E-state index contributed by atoms with van der Waals surface area (Å²) in [6.07, 6.45) is 3.27. The van der Waals surface area contributed by atoms with Gasteiger partial charge in [0, 0.05) is 44.7 Å². The van der Waals surface area contributed by atoms with Gasteiger partial charge in [-0.05, 0) is 31.5 Å². The lowest BCUT2D eigenvalue weighted by Gasteiger charge is -2.34. The highest BCUT2D eigenvalue weighted by Crippen LogP contribution is 2.19. The van der Waals surface area contributed by atoms with Crippen LogP contribution in [0.25, 0.3) is 11.4 Å². The van der Waals surface area contributed by atoms with E-state index < -0.39 is 0 Å². The first-order valence-electron chi connectivity index (χ1n) is 9.96. The van der Waals surface area contributed by atoms with Gasteiger partial charge in [-0.1, -0.05) is 23.4 Å². The van der Waals surface area contributed by atoms with Gasteiger partial charge in [-0.15, -0.1) is 6.58 Å². The lowest BCUT2D eigenvalue weighted by atomic mass is 10.1. The standard InChI is InChI=1S/C21H28FN5O2/c1-3-8-23-19(28)15-27-12-10-26(11-13-27)9-4-5-20-24-21(25-29-20)17-7-6-16(2)18(22)14-17/h3,6-7,14H,1,4-5,8-13,15H2,2H3,(H,23,28). The van der Waals surface area contributed by atoms with Gasteiger partial charge in [0.1, 0.15) is 5.82 Å². The van der Waals surface area contributed by atoms with E-state index in [0.717, 1.165) is 39.1 Å². The van der Waals surface area contributed by atoms with Crippen molar-refractivity contribution < 1.29 is 13.7 Å². The SMILES string of the molecule is C=CCNC(=O)CN1CCN(CCCc2nc(-c3ccc(C)c(F)c3)no2)CC1. The topological polar surface area (TPSA) is 74.5 Å². The number of rotatable bonds is 9. The zero-order chi connectivity index (χ0) is 20.6. The molecule has 0 atom stereocenters. The quantitative estimate of drug-likeness (QED) is 0.648. The summed E-state index contributed by atoms with van der Waals surface area (Å²) in [7, 11) is 0. The smallest absolute Gasteiger partial charge is 0.234 e. The zero-order valence-electron chi connectivity index (χ0n) is 16.9. The van der Waals surface area contributed by atoms with Gasteiger partial charge in [0.25, 0.3) is 0 Å². The van der Waals surface area contributed by atoms with Gasteiger partial charge in [-0.2, -0.15) is 4.98 Å². The maximum Gasteiger partial charge on any atom is 0.234 e. The Morgan fingerprint density at radius 3 is 2.79 bits per heavy atom. The molecule has 1 amide bonds. The molecule has 0 unspecified atom stereocenters. The molecule has 0 saturated carbocycles. The summed E-state index contributed by atoms with van der Waals surface area (Å²) in [4.78, 5) is 20.7. The van der Waals surface area contributed by atoms with Crippen LogP contribution in [0.5, 0.6) is 0 Å². The molecule has 1 aliphatic rings. The van der Waals surface area contributed by atoms with Crippen molar-refractivity contribution in [2.24, 2.45) is 0 Å². The highest BCUT2D eigenvalue weighted by atomic mass is 19.1. The molecule has 2 aromatic rings. The second-order valence-electron chi connectivity index (χ2n) is 7.29. The average molecular weight is 401 g/mol. The van der Waals surface area contributed by atoms with E-state index in [4.69, 9.17) is 4.52 Å². The van der Waals surface area contributed by atoms with E-state index in [2.05, 4.69) is 31.8 Å². The number of benzene rings is 1. The van der Waals surface area contributed by atoms with Crippen molar-refractivity contribution in [2.45, 2.75) is 19.8 Å². The first kappa shape index (κ1) is 21.1. The number of aromatic nitrogens is 2. The first-order chi connectivity index (χ1) is 14.0. The molecule has 29 heavy (non-hydrogen) atoms. The molecule has 0 radical (unpaired) electrons. The van der Waals surface area contributed by atoms with E-state index in [9.17, 15) is 9.18 Å². The highest BCUT2D eigenvalue weighted by molar-refractivity contribution is 5.78. The van der Waals surface area contributed by atoms with E-state index in [1.165, 1.54) is 6.07 Å². The lowest BCUT2D eigenvalue weighted by molar-refractivity contribution is -0.122. The molecule has 1 N–H and O–H groups in total. The van der Waals surface area contributed by atoms with Crippen molar-refractivity contribution in [1.29, 1.82) is 0 Å². The Balaban J connectivity index is 1.38. The Morgan fingerprint density at radius 1 is 1.31 bits per heavy atom. The summed E-state index contributed by atoms with van der Waals surface area (Å²) >= 11 is 0. The summed E-state index contributed by atoms with van der Waals surface area (Å²) in [6, 6.07) is 4.94. The van der Waals surface area contributed by atoms with Crippen molar-refractivity contribution in [3.8, 4) is 11.4 Å². The Hall–Kier alpha value is -2.58. The molecule has 156 valence electrons. The highest BCUT2D eigenvalue weighted by Gasteiger charge is 2.19. The zero-order valence-corrected chi connectivity index (χ0v) is 16.9. The number of hydrogen-bond donors (Lipinski definition) is 1. The fourth-order valence-electron chi connectivity index (χ4n) is 3.28. The Kier molecular flexibility index (Phi) is 7.48. The number of piperazine rings is 1. The van der Waals surface area contributed by atoms with Crippen molar-refractivity contribution in [3.63, 3.8) is 0 Å². The Bertz CT molecular complexity index is 830. The molecule has 0 bridgehead atoms. The van der Waals surface area contributed by atoms with Crippen LogP contribution in [0.2, 0.25) is 0 Å². The molecule has 0 spiro atoms. The molecule has 1 fully saturated rings. The summed E-state index contributed by atoms with van der Waals surface area (Å²) in [5.41, 5.74) is 1.21. The summed E-state index contributed by atoms with van der Waals surface area (Å²) in [6.45, 7) is 10.8. The molecule has 2 heterocycles. The number of aryl methyl sites for hydroxylation is 2. The van der Waals surface area contributed by atoms with Crippen LogP contribution in [0.3, 0.4) is 0 Å². The third-order valence-electron chi connectivity index (χ3n) is 5.04. The molecular formula is C21H28FN5O2. The van der Waals surface area contributed by atoms with Gasteiger partial charge in [-0.25, -0.2) is 4.39 Å². The third kappa shape index (κ3) is 6.20. The van der Waals surface area contributed by atoms with Crippen molar-refractivity contribution in [1.82, 2.24) is 25.3 Å². The number of carbonyl (C=O) groups excluding carboxylic acids is 1. The second kappa shape index (κ2) is 10.3. The average Bonchev–Trinajstić information content (AvgIpc) is 3.19. The van der Waals surface area contributed by atoms with Gasteiger partial charge in [0.15, 0.2) is 0 Å². The number of halogens is 1. The fourth-order valence-corrected chi connectivity index (χ4v) is 3.28. The molecule has 1 aliphatic heterocycles. The number of hydrogen-bond acceptors (Lipinski definition) is 6. The third-order valence-corrected chi connectivity index (χ3v) is 5.04. The minimum atomic E-state index is -0.272. The van der Waals surface area contributed by atoms with E-state index >= 15 is 0 Å². The van der Waals surface area contributed by atoms with E-state index in [0.29, 0.717) is 42.4 Å². The fraction of sp³-hybridized carbons (Fsp3) is 0.476. The van der Waals surface area contributed by atoms with Crippen LogP contribution < -0.4 is 5.32 Å². The number of nitrogens with zero attached hydrogens (tertiary/aromatic N) is 4. The van der Waals surface area contributed by atoms with Gasteiger partial charge in [0.2, 0.25) is 17.6 Å². The second-order valence-corrected chi connectivity index (χ2v) is 7.29. The van der Waals surface area contributed by atoms with Gasteiger partial charge in [-0.3, -0.25) is 9.69 Å². The molecule has 3 rings (SSSR count). The van der Waals surface area contributed by atoms with E-state index in [-0.39, 0.29) is 11.7 Å². The van der Waals surface area contributed by atoms with Crippen molar-refractivity contribution in [3.05, 3.63) is 48.1 Å². The summed E-state index contributed by atoms with van der Waals surface area (Å²) in [5, 5.41) is 6.77. The molecule has 1 aromatic heterocycles. The molecule has 1 aromatic carbocycles. The van der Waals surface area contributed by atoms with Crippen molar-refractivity contribution >= 4 is 5.91 Å². The molecule has 0 aliphatic carbocycles. The largest absolute Gasteiger partial charge is 0.352 e. The molecule has 8 heteroatoms. The van der Waals surface area contributed by atoms with Crippen molar-refractivity contribution in [2.75, 3.05) is 45.8 Å². The number of carbonyl (C=O) groups is 1. The first-order valence-corrected chi connectivity index (χ1v) is 9.96. The van der Waals surface area contributed by atoms with Crippen LogP contribution in [0, 0.1) is 12.7 Å². The summed E-state index contributed by atoms with van der Waals surface area (Å²) < 4.78 is 19.0. The van der Waals surface area contributed by atoms with Crippen LogP contribution in [0.15, 0.2) is 35.4 Å². The predicted molar refractivity (Wildman–Crippen MR) is 109 cm³/mol. The normalized spacial score (nSPS) is 15.4.